The zero-order chi connectivity index (χ0) is 21.6. The van der Waals surface area contributed by atoms with E-state index < -0.39 is 0 Å². The van der Waals surface area contributed by atoms with Crippen molar-refractivity contribution in [3.05, 3.63) is 101 Å². The van der Waals surface area contributed by atoms with Gasteiger partial charge in [0, 0.05) is 43.9 Å². The SMILES string of the molecule is O=C(NCc1ccc(C(=O)N2CCN(c3ccccc3F)CC2)cc1)c1ccccc1. The van der Waals surface area contributed by atoms with Crippen molar-refractivity contribution in [3.8, 4) is 0 Å². The van der Waals surface area contributed by atoms with Gasteiger partial charge in [0.1, 0.15) is 5.82 Å². The van der Waals surface area contributed by atoms with Gasteiger partial charge in [-0.05, 0) is 42.0 Å². The summed E-state index contributed by atoms with van der Waals surface area (Å²) >= 11 is 0. The molecule has 1 fully saturated rings. The molecule has 1 heterocycles. The van der Waals surface area contributed by atoms with Gasteiger partial charge in [0.25, 0.3) is 11.8 Å². The Morgan fingerprint density at radius 1 is 0.774 bits per heavy atom. The smallest absolute Gasteiger partial charge is 0.253 e. The van der Waals surface area contributed by atoms with Gasteiger partial charge >= 0.3 is 0 Å². The molecule has 0 aliphatic carbocycles. The number of para-hydroxylation sites is 1. The third-order valence-electron chi connectivity index (χ3n) is 5.45. The van der Waals surface area contributed by atoms with Gasteiger partial charge in [-0.2, -0.15) is 0 Å². The maximum absolute atomic E-state index is 14.0. The lowest BCUT2D eigenvalue weighted by molar-refractivity contribution is 0.0746. The van der Waals surface area contributed by atoms with Gasteiger partial charge in [-0.3, -0.25) is 9.59 Å². The fourth-order valence-electron chi connectivity index (χ4n) is 3.68. The number of nitrogens with one attached hydrogen (secondary N) is 1. The van der Waals surface area contributed by atoms with Crippen LogP contribution in [0.1, 0.15) is 26.3 Å². The second-order valence-corrected chi connectivity index (χ2v) is 7.48. The summed E-state index contributed by atoms with van der Waals surface area (Å²) < 4.78 is 14.0. The number of hydrogen-bond donors (Lipinski definition) is 1. The fraction of sp³-hybridized carbons (Fsp3) is 0.200. The number of benzene rings is 3. The monoisotopic (exact) mass is 417 g/mol. The summed E-state index contributed by atoms with van der Waals surface area (Å²) in [6.45, 7) is 2.67. The first kappa shape index (κ1) is 20.6. The van der Waals surface area contributed by atoms with E-state index in [2.05, 4.69) is 5.32 Å². The topological polar surface area (TPSA) is 52.7 Å². The van der Waals surface area contributed by atoms with E-state index in [-0.39, 0.29) is 17.6 Å². The molecule has 3 aromatic carbocycles. The van der Waals surface area contributed by atoms with E-state index in [1.807, 2.05) is 41.3 Å². The highest BCUT2D eigenvalue weighted by atomic mass is 19.1. The van der Waals surface area contributed by atoms with Gasteiger partial charge in [0.15, 0.2) is 0 Å². The third kappa shape index (κ3) is 4.91. The predicted molar refractivity (Wildman–Crippen MR) is 119 cm³/mol. The Morgan fingerprint density at radius 3 is 2.10 bits per heavy atom. The molecule has 0 radical (unpaired) electrons. The molecule has 31 heavy (non-hydrogen) atoms. The number of anilines is 1. The summed E-state index contributed by atoms with van der Waals surface area (Å²) in [4.78, 5) is 28.8. The molecule has 1 saturated heterocycles. The molecule has 1 aliphatic heterocycles. The highest BCUT2D eigenvalue weighted by molar-refractivity contribution is 5.95. The van der Waals surface area contributed by atoms with E-state index in [4.69, 9.17) is 0 Å². The fourth-order valence-corrected chi connectivity index (χ4v) is 3.68. The Hall–Kier alpha value is -3.67. The van der Waals surface area contributed by atoms with Gasteiger partial charge in [0.05, 0.1) is 5.69 Å². The Kier molecular flexibility index (Phi) is 6.26. The van der Waals surface area contributed by atoms with Crippen molar-refractivity contribution in [1.29, 1.82) is 0 Å². The Morgan fingerprint density at radius 2 is 1.42 bits per heavy atom. The van der Waals surface area contributed by atoms with E-state index >= 15 is 0 Å². The average Bonchev–Trinajstić information content (AvgIpc) is 2.83. The van der Waals surface area contributed by atoms with Crippen LogP contribution in [0, 0.1) is 5.82 Å². The lowest BCUT2D eigenvalue weighted by Gasteiger charge is -2.36. The highest BCUT2D eigenvalue weighted by Crippen LogP contribution is 2.21. The zero-order valence-corrected chi connectivity index (χ0v) is 17.1. The minimum Gasteiger partial charge on any atom is -0.366 e. The van der Waals surface area contributed by atoms with Crippen molar-refractivity contribution < 1.29 is 14.0 Å². The lowest BCUT2D eigenvalue weighted by Crippen LogP contribution is -2.49. The molecule has 158 valence electrons. The van der Waals surface area contributed by atoms with Crippen molar-refractivity contribution in [1.82, 2.24) is 10.2 Å². The van der Waals surface area contributed by atoms with Crippen LogP contribution in [0.25, 0.3) is 0 Å². The minimum absolute atomic E-state index is 0.0342. The number of hydrogen-bond acceptors (Lipinski definition) is 3. The summed E-state index contributed by atoms with van der Waals surface area (Å²) in [5.74, 6) is -0.404. The normalized spacial score (nSPS) is 13.7. The average molecular weight is 417 g/mol. The molecule has 0 aromatic heterocycles. The van der Waals surface area contributed by atoms with Gasteiger partial charge in [-0.1, -0.05) is 42.5 Å². The molecule has 1 aliphatic rings. The van der Waals surface area contributed by atoms with Crippen molar-refractivity contribution in [3.63, 3.8) is 0 Å². The molecule has 1 N–H and O–H groups in total. The second-order valence-electron chi connectivity index (χ2n) is 7.48. The van der Waals surface area contributed by atoms with E-state index in [0.717, 1.165) is 5.56 Å². The van der Waals surface area contributed by atoms with E-state index in [1.165, 1.54) is 6.07 Å². The van der Waals surface area contributed by atoms with Crippen molar-refractivity contribution in [2.75, 3.05) is 31.1 Å². The van der Waals surface area contributed by atoms with Crippen LogP contribution in [0.4, 0.5) is 10.1 Å². The molecule has 0 bridgehead atoms. The van der Waals surface area contributed by atoms with Gasteiger partial charge < -0.3 is 15.1 Å². The number of carbonyl (C=O) groups is 2. The molecule has 0 spiro atoms. The minimum atomic E-state index is -0.239. The number of carbonyl (C=O) groups excluding carboxylic acids is 2. The van der Waals surface area contributed by atoms with Gasteiger partial charge in [-0.15, -0.1) is 0 Å². The number of piperazine rings is 1. The van der Waals surface area contributed by atoms with E-state index in [0.29, 0.717) is 49.5 Å². The number of nitrogens with zero attached hydrogens (tertiary/aromatic N) is 2. The van der Waals surface area contributed by atoms with E-state index in [1.54, 1.807) is 41.3 Å². The molecule has 0 atom stereocenters. The zero-order valence-electron chi connectivity index (χ0n) is 17.1. The Balaban J connectivity index is 1.30. The van der Waals surface area contributed by atoms with Crippen LogP contribution in [0.3, 0.4) is 0 Å². The Labute approximate surface area is 181 Å². The van der Waals surface area contributed by atoms with Crippen LogP contribution in [-0.4, -0.2) is 42.9 Å². The third-order valence-corrected chi connectivity index (χ3v) is 5.45. The summed E-state index contributed by atoms with van der Waals surface area (Å²) in [6, 6.07) is 23.1. The first-order valence-electron chi connectivity index (χ1n) is 10.3. The lowest BCUT2D eigenvalue weighted by atomic mass is 10.1. The molecular formula is C25H24FN3O2. The summed E-state index contributed by atoms with van der Waals surface area (Å²) in [7, 11) is 0. The molecule has 3 aromatic rings. The van der Waals surface area contributed by atoms with Crippen molar-refractivity contribution >= 4 is 17.5 Å². The first-order chi connectivity index (χ1) is 15.1. The molecule has 4 rings (SSSR count). The quantitative estimate of drug-likeness (QED) is 0.689. The van der Waals surface area contributed by atoms with E-state index in [9.17, 15) is 14.0 Å². The number of halogens is 1. The number of rotatable bonds is 5. The summed E-state index contributed by atoms with van der Waals surface area (Å²) in [5, 5.41) is 2.88. The maximum atomic E-state index is 14.0. The second kappa shape index (κ2) is 9.43. The highest BCUT2D eigenvalue weighted by Gasteiger charge is 2.23. The van der Waals surface area contributed by atoms with Crippen LogP contribution < -0.4 is 10.2 Å². The van der Waals surface area contributed by atoms with Gasteiger partial charge in [-0.25, -0.2) is 4.39 Å². The molecule has 0 unspecified atom stereocenters. The largest absolute Gasteiger partial charge is 0.366 e. The molecule has 0 saturated carbocycles. The van der Waals surface area contributed by atoms with Crippen molar-refractivity contribution in [2.24, 2.45) is 0 Å². The van der Waals surface area contributed by atoms with Crippen LogP contribution in [0.2, 0.25) is 0 Å². The summed E-state index contributed by atoms with van der Waals surface area (Å²) in [6.07, 6.45) is 0. The van der Waals surface area contributed by atoms with Crippen LogP contribution in [0.5, 0.6) is 0 Å². The summed E-state index contributed by atoms with van der Waals surface area (Å²) in [5.41, 5.74) is 2.73. The maximum Gasteiger partial charge on any atom is 0.253 e. The first-order valence-corrected chi connectivity index (χ1v) is 10.3. The molecule has 5 nitrogen and oxygen atoms in total. The van der Waals surface area contributed by atoms with Crippen LogP contribution in [-0.2, 0) is 6.54 Å². The van der Waals surface area contributed by atoms with Crippen LogP contribution >= 0.6 is 0 Å². The van der Waals surface area contributed by atoms with Crippen molar-refractivity contribution in [2.45, 2.75) is 6.54 Å². The predicted octanol–water partition coefficient (Wildman–Crippen LogP) is 3.72. The Bertz CT molecular complexity index is 1050. The molecule has 2 amide bonds. The van der Waals surface area contributed by atoms with Gasteiger partial charge in [0.2, 0.25) is 0 Å². The molecule has 6 heteroatoms. The van der Waals surface area contributed by atoms with Crippen LogP contribution in [0.15, 0.2) is 78.9 Å². The molecular weight excluding hydrogens is 393 g/mol. The standard InChI is InChI=1S/C25H24FN3O2/c26-22-8-4-5-9-23(22)28-14-16-29(17-15-28)25(31)21-12-10-19(11-13-21)18-27-24(30)20-6-2-1-3-7-20/h1-13H,14-18H2,(H,27,30). The number of amides is 2.